The first kappa shape index (κ1) is 14.1. The SMILES string of the molecule is COc1ccc2c(N)c(C#Cc3ccc(C)cc3)n(C)c2c1. The van der Waals surface area contributed by atoms with E-state index in [0.29, 0.717) is 5.69 Å². The molecule has 1 heterocycles. The van der Waals surface area contributed by atoms with Gasteiger partial charge in [0.25, 0.3) is 0 Å². The average Bonchev–Trinajstić information content (AvgIpc) is 2.78. The second-order valence-electron chi connectivity index (χ2n) is 5.32. The number of nitrogens with two attached hydrogens (primary N) is 1. The van der Waals surface area contributed by atoms with Crippen molar-refractivity contribution in [2.24, 2.45) is 7.05 Å². The molecule has 1 aromatic heterocycles. The fraction of sp³-hybridized carbons (Fsp3) is 0.158. The van der Waals surface area contributed by atoms with E-state index in [1.807, 2.05) is 41.9 Å². The maximum Gasteiger partial charge on any atom is 0.120 e. The van der Waals surface area contributed by atoms with E-state index in [0.717, 1.165) is 27.9 Å². The van der Waals surface area contributed by atoms with E-state index in [-0.39, 0.29) is 0 Å². The quantitative estimate of drug-likeness (QED) is 0.697. The molecule has 2 N–H and O–H groups in total. The second kappa shape index (κ2) is 5.50. The highest BCUT2D eigenvalue weighted by molar-refractivity contribution is 5.96. The molecule has 0 aliphatic rings. The first-order valence-corrected chi connectivity index (χ1v) is 7.10. The molecule has 3 heteroatoms. The van der Waals surface area contributed by atoms with Gasteiger partial charge in [0, 0.05) is 24.1 Å². The Labute approximate surface area is 130 Å². The standard InChI is InChI=1S/C19H18N2O/c1-13-4-6-14(7-5-13)8-11-17-19(20)16-10-9-15(22-3)12-18(16)21(17)2/h4-7,9-10,12H,20H2,1-3H3. The number of hydrogen-bond donors (Lipinski definition) is 1. The summed E-state index contributed by atoms with van der Waals surface area (Å²) < 4.78 is 7.29. The van der Waals surface area contributed by atoms with Gasteiger partial charge in [-0.2, -0.15) is 0 Å². The molecule has 0 radical (unpaired) electrons. The Balaban J connectivity index is 2.10. The summed E-state index contributed by atoms with van der Waals surface area (Å²) in [6.07, 6.45) is 0. The van der Waals surface area contributed by atoms with Crippen LogP contribution in [0.4, 0.5) is 5.69 Å². The van der Waals surface area contributed by atoms with Crippen LogP contribution in [0, 0.1) is 18.8 Å². The van der Waals surface area contributed by atoms with Crippen molar-refractivity contribution < 1.29 is 4.74 Å². The molecule has 0 aliphatic heterocycles. The van der Waals surface area contributed by atoms with Crippen LogP contribution in [0.2, 0.25) is 0 Å². The predicted molar refractivity (Wildman–Crippen MR) is 91.0 cm³/mol. The molecule has 0 amide bonds. The summed E-state index contributed by atoms with van der Waals surface area (Å²) in [5, 5.41) is 0.997. The Hall–Kier alpha value is -2.86. The molecule has 0 spiro atoms. The van der Waals surface area contributed by atoms with Crippen LogP contribution in [0.5, 0.6) is 5.75 Å². The minimum absolute atomic E-state index is 0.708. The number of benzene rings is 2. The van der Waals surface area contributed by atoms with Gasteiger partial charge in [-0.3, -0.25) is 0 Å². The van der Waals surface area contributed by atoms with Crippen molar-refractivity contribution in [1.29, 1.82) is 0 Å². The Morgan fingerprint density at radius 1 is 1.05 bits per heavy atom. The number of methoxy groups -OCH3 is 1. The first-order valence-electron chi connectivity index (χ1n) is 7.10. The van der Waals surface area contributed by atoms with Crippen LogP contribution in [0.3, 0.4) is 0 Å². The van der Waals surface area contributed by atoms with Crippen molar-refractivity contribution in [3.8, 4) is 17.6 Å². The Kier molecular flexibility index (Phi) is 3.52. The van der Waals surface area contributed by atoms with Gasteiger partial charge < -0.3 is 15.0 Å². The number of anilines is 1. The van der Waals surface area contributed by atoms with Crippen LogP contribution in [-0.4, -0.2) is 11.7 Å². The average molecular weight is 290 g/mol. The van der Waals surface area contributed by atoms with E-state index >= 15 is 0 Å². The van der Waals surface area contributed by atoms with Gasteiger partial charge in [0.2, 0.25) is 0 Å². The van der Waals surface area contributed by atoms with E-state index < -0.39 is 0 Å². The zero-order chi connectivity index (χ0) is 15.7. The minimum Gasteiger partial charge on any atom is -0.497 e. The smallest absolute Gasteiger partial charge is 0.120 e. The highest BCUT2D eigenvalue weighted by Gasteiger charge is 2.11. The van der Waals surface area contributed by atoms with Gasteiger partial charge in [-0.1, -0.05) is 23.6 Å². The van der Waals surface area contributed by atoms with Gasteiger partial charge in [-0.15, -0.1) is 0 Å². The largest absolute Gasteiger partial charge is 0.497 e. The highest BCUT2D eigenvalue weighted by atomic mass is 16.5. The molecule has 110 valence electrons. The molecule has 3 rings (SSSR count). The molecule has 0 aliphatic carbocycles. The zero-order valence-electron chi connectivity index (χ0n) is 13.0. The van der Waals surface area contributed by atoms with Gasteiger partial charge in [-0.25, -0.2) is 0 Å². The molecule has 0 saturated heterocycles. The summed E-state index contributed by atoms with van der Waals surface area (Å²) in [6, 6.07) is 14.0. The molecule has 22 heavy (non-hydrogen) atoms. The van der Waals surface area contributed by atoms with Crippen molar-refractivity contribution in [3.05, 3.63) is 59.3 Å². The van der Waals surface area contributed by atoms with Gasteiger partial charge in [0.15, 0.2) is 0 Å². The van der Waals surface area contributed by atoms with Crippen LogP contribution in [0.25, 0.3) is 10.9 Å². The summed E-state index contributed by atoms with van der Waals surface area (Å²) in [4.78, 5) is 0. The lowest BCUT2D eigenvalue weighted by Crippen LogP contribution is -1.94. The molecule has 0 fully saturated rings. The van der Waals surface area contributed by atoms with Crippen LogP contribution in [0.1, 0.15) is 16.8 Å². The van der Waals surface area contributed by atoms with Gasteiger partial charge in [-0.05, 0) is 37.1 Å². The van der Waals surface area contributed by atoms with Crippen molar-refractivity contribution in [2.45, 2.75) is 6.92 Å². The van der Waals surface area contributed by atoms with Crippen LogP contribution < -0.4 is 10.5 Å². The van der Waals surface area contributed by atoms with E-state index in [4.69, 9.17) is 10.5 Å². The summed E-state index contributed by atoms with van der Waals surface area (Å²) in [5.41, 5.74) is 11.0. The third-order valence-corrected chi connectivity index (χ3v) is 3.82. The van der Waals surface area contributed by atoms with Crippen LogP contribution in [0.15, 0.2) is 42.5 Å². The number of rotatable bonds is 1. The van der Waals surface area contributed by atoms with Crippen LogP contribution >= 0.6 is 0 Å². The maximum absolute atomic E-state index is 6.26. The van der Waals surface area contributed by atoms with Crippen LogP contribution in [-0.2, 0) is 7.05 Å². The molecule has 0 saturated carbocycles. The second-order valence-corrected chi connectivity index (χ2v) is 5.32. The lowest BCUT2D eigenvalue weighted by Gasteiger charge is -2.01. The number of ether oxygens (including phenoxy) is 1. The van der Waals surface area contributed by atoms with Crippen molar-refractivity contribution in [1.82, 2.24) is 4.57 Å². The molecule has 0 bridgehead atoms. The summed E-state index contributed by atoms with van der Waals surface area (Å²) in [7, 11) is 3.63. The normalized spacial score (nSPS) is 10.3. The van der Waals surface area contributed by atoms with E-state index in [2.05, 4.69) is 30.9 Å². The van der Waals surface area contributed by atoms with Crippen molar-refractivity contribution >= 4 is 16.6 Å². The minimum atomic E-state index is 0.708. The first-order chi connectivity index (χ1) is 10.6. The molecule has 2 aromatic carbocycles. The fourth-order valence-corrected chi connectivity index (χ4v) is 2.49. The third kappa shape index (κ3) is 2.40. The predicted octanol–water partition coefficient (Wildman–Crippen LogP) is 3.48. The number of nitrogens with zero attached hydrogens (tertiary/aromatic N) is 1. The van der Waals surface area contributed by atoms with E-state index in [1.165, 1.54) is 5.56 Å². The van der Waals surface area contributed by atoms with E-state index in [9.17, 15) is 0 Å². The Bertz CT molecular complexity index is 893. The molecule has 3 nitrogen and oxygen atoms in total. The monoisotopic (exact) mass is 290 g/mol. The summed E-state index contributed by atoms with van der Waals surface area (Å²) in [6.45, 7) is 2.06. The molecule has 3 aromatic rings. The summed E-state index contributed by atoms with van der Waals surface area (Å²) in [5.74, 6) is 7.18. The number of nitrogen functional groups attached to an aromatic ring is 1. The van der Waals surface area contributed by atoms with Gasteiger partial charge >= 0.3 is 0 Å². The van der Waals surface area contributed by atoms with Crippen molar-refractivity contribution in [2.75, 3.05) is 12.8 Å². The Morgan fingerprint density at radius 3 is 2.45 bits per heavy atom. The number of aromatic nitrogens is 1. The topological polar surface area (TPSA) is 40.2 Å². The molecular formula is C19H18N2O. The van der Waals surface area contributed by atoms with Gasteiger partial charge in [0.05, 0.1) is 18.3 Å². The molecular weight excluding hydrogens is 272 g/mol. The number of fused-ring (bicyclic) bond motifs is 1. The number of hydrogen-bond acceptors (Lipinski definition) is 2. The molecule has 0 atom stereocenters. The molecule has 0 unspecified atom stereocenters. The summed E-state index contributed by atoms with van der Waals surface area (Å²) >= 11 is 0. The lowest BCUT2D eigenvalue weighted by molar-refractivity contribution is 0.415. The van der Waals surface area contributed by atoms with E-state index in [1.54, 1.807) is 7.11 Å². The number of aryl methyl sites for hydroxylation is 2. The zero-order valence-corrected chi connectivity index (χ0v) is 13.0. The Morgan fingerprint density at radius 2 is 1.77 bits per heavy atom. The highest BCUT2D eigenvalue weighted by Crippen LogP contribution is 2.30. The van der Waals surface area contributed by atoms with Gasteiger partial charge in [0.1, 0.15) is 11.4 Å². The lowest BCUT2D eigenvalue weighted by atomic mass is 10.1. The van der Waals surface area contributed by atoms with Crippen molar-refractivity contribution in [3.63, 3.8) is 0 Å². The fourth-order valence-electron chi connectivity index (χ4n) is 2.49. The maximum atomic E-state index is 6.26. The third-order valence-electron chi connectivity index (χ3n) is 3.82.